The average Bonchev–Trinajstić information content (AvgIpc) is 0.807. The lowest BCUT2D eigenvalue weighted by atomic mass is 9.93. The molecule has 4 fully saturated rings. The number of rotatable bonds is 28. The topological polar surface area (TPSA) is 375 Å². The fourth-order valence-electron chi connectivity index (χ4n) is 10.3. The van der Waals surface area contributed by atoms with Gasteiger partial charge in [-0.15, -0.1) is 6.58 Å². The maximum atomic E-state index is 13.4. The van der Waals surface area contributed by atoms with Gasteiger partial charge >= 0.3 is 41.8 Å². The van der Waals surface area contributed by atoms with Gasteiger partial charge in [-0.2, -0.15) is 0 Å². The largest absolute Gasteiger partial charge is 0.463 e. The van der Waals surface area contributed by atoms with Crippen LogP contribution in [0.1, 0.15) is 73.4 Å². The molecule has 4 heterocycles. The number of benzene rings is 2. The predicted molar refractivity (Wildman–Crippen MR) is 296 cm³/mol. The molecule has 2 aromatic carbocycles. The minimum Gasteiger partial charge on any atom is -0.463 e. The number of aliphatic hydroxyl groups is 2. The third kappa shape index (κ3) is 21.0. The summed E-state index contributed by atoms with van der Waals surface area (Å²) in [6.07, 6.45) is -29.9. The zero-order valence-corrected chi connectivity index (χ0v) is 50.6. The van der Waals surface area contributed by atoms with E-state index < -0.39 is 196 Å². The fourth-order valence-corrected chi connectivity index (χ4v) is 10.3. The van der Waals surface area contributed by atoms with Crippen molar-refractivity contribution in [3.8, 4) is 0 Å². The van der Waals surface area contributed by atoms with Crippen LogP contribution in [0.15, 0.2) is 73.3 Å². The van der Waals surface area contributed by atoms with E-state index in [0.717, 1.165) is 61.0 Å². The van der Waals surface area contributed by atoms with E-state index in [4.69, 9.17) is 80.5 Å². The van der Waals surface area contributed by atoms with Gasteiger partial charge in [-0.3, -0.25) is 43.2 Å². The molecule has 0 aliphatic carbocycles. The molecule has 4 saturated heterocycles. The summed E-state index contributed by atoms with van der Waals surface area (Å²) in [6.45, 7) is 10.8. The molecule has 89 heavy (non-hydrogen) atoms. The highest BCUT2D eigenvalue weighted by atomic mass is 16.8. The molecule has 0 unspecified atom stereocenters. The Morgan fingerprint density at radius 3 is 1.16 bits per heavy atom. The Bertz CT molecular complexity index is 2700. The Balaban J connectivity index is 1.47. The molecule has 0 radical (unpaired) electrons. The molecule has 2 amide bonds. The Labute approximate surface area is 512 Å². The molecule has 30 nitrogen and oxygen atoms in total. The van der Waals surface area contributed by atoms with Crippen molar-refractivity contribution in [3.05, 3.63) is 84.4 Å². The van der Waals surface area contributed by atoms with Gasteiger partial charge in [0.2, 0.25) is 11.8 Å². The number of ether oxygens (including phenoxy) is 17. The van der Waals surface area contributed by atoms with Crippen molar-refractivity contribution in [2.24, 2.45) is 0 Å². The number of hydrogen-bond donors (Lipinski definition) is 4. The summed E-state index contributed by atoms with van der Waals surface area (Å²) >= 11 is 0. The molecule has 492 valence electrons. The summed E-state index contributed by atoms with van der Waals surface area (Å²) in [5.41, 5.74) is 1.41. The average molecular weight is 1260 g/mol. The molecular formula is C59H78N2O28. The molecule has 4 aliphatic rings. The van der Waals surface area contributed by atoms with Crippen molar-refractivity contribution in [3.63, 3.8) is 0 Å². The minimum absolute atomic E-state index is 0.0343. The minimum atomic E-state index is -2.05. The number of carbonyl (C=O) groups is 9. The highest BCUT2D eigenvalue weighted by Gasteiger charge is 2.60. The van der Waals surface area contributed by atoms with Crippen LogP contribution in [0.25, 0.3) is 0 Å². The zero-order valence-electron chi connectivity index (χ0n) is 50.6. The van der Waals surface area contributed by atoms with Crippen LogP contribution in [0.4, 0.5) is 0 Å². The van der Waals surface area contributed by atoms with Gasteiger partial charge < -0.3 is 101 Å². The monoisotopic (exact) mass is 1260 g/mol. The van der Waals surface area contributed by atoms with Gasteiger partial charge in [-0.05, 0) is 11.1 Å². The van der Waals surface area contributed by atoms with Crippen molar-refractivity contribution in [1.82, 2.24) is 10.6 Å². The van der Waals surface area contributed by atoms with E-state index in [1.54, 1.807) is 54.6 Å². The number of hydrogen-bond acceptors (Lipinski definition) is 28. The SMILES string of the molecule is C=CCO[C@@H]1O[C@H](COCc2ccccc2)[C@@H](O[C@@H]2O[C@H](COC(C)=O)[C@H](OC(C)=O)[C@H](O[C@@H]3O[C@H](COCc4ccccc4)[C@@H](O[C@@H]4O[C@H](COC(C)=O)[C@H](OC(C)=O)[C@H](OC(C)=O)[C@H]4OC(C)=O)[C@H](O)[C@H]3NC(C)=O)[C@H]2OC(C)=O)[C@H](O)[C@H]1NC(C)=O. The molecule has 4 aliphatic heterocycles. The van der Waals surface area contributed by atoms with Gasteiger partial charge in [0.25, 0.3) is 0 Å². The normalized spacial score (nSPS) is 31.7. The first kappa shape index (κ1) is 71.0. The molecule has 0 bridgehead atoms. The molecule has 30 heteroatoms. The third-order valence-corrected chi connectivity index (χ3v) is 13.7. The van der Waals surface area contributed by atoms with Crippen LogP contribution >= 0.6 is 0 Å². The predicted octanol–water partition coefficient (Wildman–Crippen LogP) is 0.194. The summed E-state index contributed by atoms with van der Waals surface area (Å²) in [6, 6.07) is 14.6. The second kappa shape index (κ2) is 34.2. The summed E-state index contributed by atoms with van der Waals surface area (Å²) in [4.78, 5) is 116. The third-order valence-electron chi connectivity index (χ3n) is 13.7. The lowest BCUT2D eigenvalue weighted by Crippen LogP contribution is -2.71. The maximum absolute atomic E-state index is 13.4. The van der Waals surface area contributed by atoms with Crippen LogP contribution in [0.3, 0.4) is 0 Å². The molecule has 4 N–H and O–H groups in total. The molecule has 0 spiro atoms. The summed E-state index contributed by atoms with van der Waals surface area (Å²) in [7, 11) is 0. The Kier molecular flexibility index (Phi) is 27.3. The number of esters is 7. The van der Waals surface area contributed by atoms with Crippen molar-refractivity contribution in [1.29, 1.82) is 0 Å². The molecule has 6 rings (SSSR count). The van der Waals surface area contributed by atoms with Gasteiger partial charge in [0.1, 0.15) is 80.2 Å². The zero-order chi connectivity index (χ0) is 65.1. The van der Waals surface area contributed by atoms with Crippen LogP contribution in [-0.2, 0) is 137 Å². The van der Waals surface area contributed by atoms with Gasteiger partial charge in [0.05, 0.1) is 33.0 Å². The van der Waals surface area contributed by atoms with E-state index in [9.17, 15) is 53.4 Å². The smallest absolute Gasteiger partial charge is 0.303 e. The lowest BCUT2D eigenvalue weighted by molar-refractivity contribution is -0.379. The van der Waals surface area contributed by atoms with Crippen molar-refractivity contribution in [2.75, 3.05) is 33.0 Å². The molecular weight excluding hydrogens is 1180 g/mol. The van der Waals surface area contributed by atoms with Gasteiger partial charge in [-0.1, -0.05) is 66.7 Å². The molecule has 20 atom stereocenters. The summed E-state index contributed by atoms with van der Waals surface area (Å²) < 4.78 is 103. The van der Waals surface area contributed by atoms with Crippen LogP contribution in [0.2, 0.25) is 0 Å². The van der Waals surface area contributed by atoms with Crippen molar-refractivity contribution < 1.29 is 134 Å². The lowest BCUT2D eigenvalue weighted by Gasteiger charge is -2.51. The van der Waals surface area contributed by atoms with Crippen molar-refractivity contribution in [2.45, 2.75) is 198 Å². The highest BCUT2D eigenvalue weighted by molar-refractivity contribution is 5.74. The quantitative estimate of drug-likeness (QED) is 0.0502. The summed E-state index contributed by atoms with van der Waals surface area (Å²) in [5.74, 6) is -7.96. The summed E-state index contributed by atoms with van der Waals surface area (Å²) in [5, 5.41) is 30.4. The maximum Gasteiger partial charge on any atom is 0.303 e. The van der Waals surface area contributed by atoms with Crippen LogP contribution < -0.4 is 10.6 Å². The molecule has 0 saturated carbocycles. The first-order chi connectivity index (χ1) is 42.3. The standard InChI is InChI=1S/C59H78N2O28/c1-11-22-75-56-44(60-29(2)62)46(71)48(40(83-56)25-73-23-38-18-14-12-15-19-38)87-59-55(82-37(10)70)53(51(79-34(7)67)43(86-59)28-77-32(5)65)89-57-45(61-30(3)63)47(72)49(41(84-57)26-74-24-39-20-16-13-17-21-39)88-58-54(81-36(9)69)52(80-35(8)68)50(78-33(6)66)42(85-58)27-76-31(4)64/h11-21,40-59,71-72H,1,22-28H2,2-10H3,(H,60,62)(H,61,63)/t40-,41-,42-,43-,44-,45-,46-,47-,48-,49-,50+,51+,52+,53+,54-,55-,56-,57+,58+,59+/m1/s1. The van der Waals surface area contributed by atoms with E-state index in [1.165, 1.54) is 13.0 Å². The van der Waals surface area contributed by atoms with E-state index in [1.807, 2.05) is 6.07 Å². The first-order valence-corrected chi connectivity index (χ1v) is 28.4. The highest BCUT2D eigenvalue weighted by Crippen LogP contribution is 2.38. The van der Waals surface area contributed by atoms with E-state index >= 15 is 0 Å². The molecule has 2 aromatic rings. The Morgan fingerprint density at radius 2 is 0.764 bits per heavy atom. The van der Waals surface area contributed by atoms with E-state index in [0.29, 0.717) is 5.56 Å². The second-order valence-electron chi connectivity index (χ2n) is 21.0. The van der Waals surface area contributed by atoms with Crippen LogP contribution in [0.5, 0.6) is 0 Å². The van der Waals surface area contributed by atoms with Gasteiger partial charge in [0.15, 0.2) is 55.7 Å². The van der Waals surface area contributed by atoms with Gasteiger partial charge in [-0.25, -0.2) is 0 Å². The first-order valence-electron chi connectivity index (χ1n) is 28.4. The van der Waals surface area contributed by atoms with Gasteiger partial charge in [0, 0.05) is 62.3 Å². The number of amides is 2. The number of nitrogens with one attached hydrogen (secondary N) is 2. The van der Waals surface area contributed by atoms with Crippen LogP contribution in [0, 0.1) is 0 Å². The van der Waals surface area contributed by atoms with Crippen LogP contribution in [-0.4, -0.2) is 220 Å². The Hall–Kier alpha value is -7.07. The molecule has 0 aromatic heterocycles. The number of carbonyl (C=O) groups excluding carboxylic acids is 9. The van der Waals surface area contributed by atoms with E-state index in [2.05, 4.69) is 17.2 Å². The van der Waals surface area contributed by atoms with Crippen molar-refractivity contribution >= 4 is 53.6 Å². The fraction of sp³-hybridized carbons (Fsp3) is 0.610. The number of aliphatic hydroxyl groups excluding tert-OH is 2. The van der Waals surface area contributed by atoms with E-state index in [-0.39, 0.29) is 26.4 Å². The second-order valence-corrected chi connectivity index (χ2v) is 21.0. The Morgan fingerprint density at radius 1 is 0.427 bits per heavy atom.